The largest absolute Gasteiger partial charge is 0.497 e. The fourth-order valence-electron chi connectivity index (χ4n) is 2.89. The molecular weight excluding hydrogens is 352 g/mol. The highest BCUT2D eigenvalue weighted by atomic mass is 16.5. The average Bonchev–Trinajstić information content (AvgIpc) is 2.77. The third-order valence-corrected chi connectivity index (χ3v) is 4.40. The Morgan fingerprint density at radius 1 is 0.893 bits per heavy atom. The topological polar surface area (TPSA) is 61.3 Å². The van der Waals surface area contributed by atoms with Crippen LogP contribution in [-0.4, -0.2) is 23.0 Å². The van der Waals surface area contributed by atoms with Gasteiger partial charge in [-0.2, -0.15) is 0 Å². The summed E-state index contributed by atoms with van der Waals surface area (Å²) in [5, 5.41) is 2.13. The molecule has 0 aliphatic rings. The molecule has 4 aromatic rings. The maximum Gasteiger partial charge on any atom is 0.341 e. The minimum Gasteiger partial charge on any atom is -0.497 e. The zero-order valence-electron chi connectivity index (χ0n) is 15.3. The van der Waals surface area contributed by atoms with Gasteiger partial charge in [0.25, 0.3) is 0 Å². The number of hydrogen-bond acceptors (Lipinski definition) is 5. The van der Waals surface area contributed by atoms with Gasteiger partial charge in [-0.25, -0.2) is 14.8 Å². The van der Waals surface area contributed by atoms with Crippen LogP contribution in [-0.2, 0) is 11.3 Å². The first kappa shape index (κ1) is 17.7. The normalized spacial score (nSPS) is 10.6. The third kappa shape index (κ3) is 3.83. The van der Waals surface area contributed by atoms with Crippen molar-refractivity contribution in [3.05, 3.63) is 90.3 Å². The Labute approximate surface area is 162 Å². The molecule has 5 nitrogen and oxygen atoms in total. The van der Waals surface area contributed by atoms with Crippen LogP contribution >= 0.6 is 0 Å². The maximum absolute atomic E-state index is 12.3. The van der Waals surface area contributed by atoms with Gasteiger partial charge >= 0.3 is 5.97 Å². The van der Waals surface area contributed by atoms with Gasteiger partial charge < -0.3 is 9.47 Å². The van der Waals surface area contributed by atoms with Crippen LogP contribution in [0.1, 0.15) is 15.9 Å². The zero-order chi connectivity index (χ0) is 19.3. The van der Waals surface area contributed by atoms with Gasteiger partial charge in [0.05, 0.1) is 12.7 Å². The lowest BCUT2D eigenvalue weighted by atomic mass is 10.1. The predicted octanol–water partition coefficient (Wildman–Crippen LogP) is 4.66. The fourth-order valence-corrected chi connectivity index (χ4v) is 2.89. The summed E-state index contributed by atoms with van der Waals surface area (Å²) in [7, 11) is 1.64. The number of carbonyl (C=O) groups is 1. The van der Waals surface area contributed by atoms with Crippen LogP contribution in [0.4, 0.5) is 0 Å². The third-order valence-electron chi connectivity index (χ3n) is 4.40. The van der Waals surface area contributed by atoms with Crippen molar-refractivity contribution in [2.75, 3.05) is 7.11 Å². The van der Waals surface area contributed by atoms with Crippen molar-refractivity contribution in [1.29, 1.82) is 0 Å². The standard InChI is InChI=1S/C23H18N2O3/c1-27-21-10-9-18-11-16(7-8-19(18)12-21)15-28-23(26)20-13-24-22(25-14-20)17-5-3-2-4-6-17/h2-14H,15H2,1H3. The Morgan fingerprint density at radius 2 is 1.61 bits per heavy atom. The van der Waals surface area contributed by atoms with Crippen LogP contribution in [0.25, 0.3) is 22.2 Å². The first-order chi connectivity index (χ1) is 13.7. The van der Waals surface area contributed by atoms with Crippen LogP contribution in [0.2, 0.25) is 0 Å². The monoisotopic (exact) mass is 370 g/mol. The smallest absolute Gasteiger partial charge is 0.341 e. The second kappa shape index (κ2) is 7.88. The summed E-state index contributed by atoms with van der Waals surface area (Å²) in [5.41, 5.74) is 2.13. The maximum atomic E-state index is 12.3. The quantitative estimate of drug-likeness (QED) is 0.478. The Bertz CT molecular complexity index is 1110. The fraction of sp³-hybridized carbons (Fsp3) is 0.0870. The molecule has 1 heterocycles. The summed E-state index contributed by atoms with van der Waals surface area (Å²) in [6.07, 6.45) is 2.98. The number of methoxy groups -OCH3 is 1. The highest BCUT2D eigenvalue weighted by molar-refractivity contribution is 5.89. The molecule has 28 heavy (non-hydrogen) atoms. The van der Waals surface area contributed by atoms with E-state index < -0.39 is 5.97 Å². The lowest BCUT2D eigenvalue weighted by Gasteiger charge is -2.07. The van der Waals surface area contributed by atoms with Gasteiger partial charge in [0.15, 0.2) is 5.82 Å². The van der Waals surface area contributed by atoms with E-state index >= 15 is 0 Å². The van der Waals surface area contributed by atoms with Gasteiger partial charge in [-0.05, 0) is 34.5 Å². The summed E-state index contributed by atoms with van der Waals surface area (Å²) >= 11 is 0. The SMILES string of the molecule is COc1ccc2cc(COC(=O)c3cnc(-c4ccccc4)nc3)ccc2c1. The highest BCUT2D eigenvalue weighted by Crippen LogP contribution is 2.22. The van der Waals surface area contributed by atoms with E-state index in [0.717, 1.165) is 27.6 Å². The number of ether oxygens (including phenoxy) is 2. The van der Waals surface area contributed by atoms with Gasteiger partial charge in [0.2, 0.25) is 0 Å². The van der Waals surface area contributed by atoms with E-state index in [4.69, 9.17) is 9.47 Å². The minimum atomic E-state index is -0.450. The molecule has 0 amide bonds. The molecule has 0 saturated heterocycles. The summed E-state index contributed by atoms with van der Waals surface area (Å²) in [6.45, 7) is 0.182. The number of esters is 1. The summed E-state index contributed by atoms with van der Waals surface area (Å²) in [6, 6.07) is 21.4. The van der Waals surface area contributed by atoms with Crippen molar-refractivity contribution >= 4 is 16.7 Å². The molecule has 4 rings (SSSR count). The molecule has 0 aliphatic heterocycles. The number of benzene rings is 3. The molecule has 1 aromatic heterocycles. The molecular formula is C23H18N2O3. The number of rotatable bonds is 5. The van der Waals surface area contributed by atoms with Crippen molar-refractivity contribution in [2.45, 2.75) is 6.61 Å². The zero-order valence-corrected chi connectivity index (χ0v) is 15.3. The first-order valence-electron chi connectivity index (χ1n) is 8.84. The summed E-state index contributed by atoms with van der Waals surface area (Å²) in [4.78, 5) is 20.8. The van der Waals surface area contributed by atoms with Crippen LogP contribution < -0.4 is 4.74 Å². The van der Waals surface area contributed by atoms with E-state index in [-0.39, 0.29) is 6.61 Å². The molecule has 3 aromatic carbocycles. The van der Waals surface area contributed by atoms with E-state index in [1.54, 1.807) is 7.11 Å². The van der Waals surface area contributed by atoms with E-state index in [2.05, 4.69) is 9.97 Å². The number of nitrogens with zero attached hydrogens (tertiary/aromatic N) is 2. The second-order valence-corrected chi connectivity index (χ2v) is 6.28. The van der Waals surface area contributed by atoms with Crippen molar-refractivity contribution in [3.63, 3.8) is 0 Å². The minimum absolute atomic E-state index is 0.182. The Hall–Kier alpha value is -3.73. The van der Waals surface area contributed by atoms with Crippen molar-refractivity contribution < 1.29 is 14.3 Å². The Kier molecular flexibility index (Phi) is 4.97. The van der Waals surface area contributed by atoms with E-state index in [9.17, 15) is 4.79 Å². The van der Waals surface area contributed by atoms with Gasteiger partial charge in [0.1, 0.15) is 12.4 Å². The van der Waals surface area contributed by atoms with Crippen LogP contribution in [0.3, 0.4) is 0 Å². The lowest BCUT2D eigenvalue weighted by molar-refractivity contribution is 0.0472. The summed E-state index contributed by atoms with van der Waals surface area (Å²) < 4.78 is 10.6. The van der Waals surface area contributed by atoms with Crippen molar-refractivity contribution in [3.8, 4) is 17.1 Å². The molecule has 0 fully saturated rings. The van der Waals surface area contributed by atoms with Gasteiger partial charge in [-0.15, -0.1) is 0 Å². The van der Waals surface area contributed by atoms with E-state index in [0.29, 0.717) is 11.4 Å². The van der Waals surface area contributed by atoms with Crippen molar-refractivity contribution in [1.82, 2.24) is 9.97 Å². The Morgan fingerprint density at radius 3 is 2.36 bits per heavy atom. The number of fused-ring (bicyclic) bond motifs is 1. The molecule has 0 spiro atoms. The second-order valence-electron chi connectivity index (χ2n) is 6.28. The molecule has 0 aliphatic carbocycles. The van der Waals surface area contributed by atoms with E-state index in [1.165, 1.54) is 12.4 Å². The molecule has 138 valence electrons. The average molecular weight is 370 g/mol. The molecule has 0 atom stereocenters. The van der Waals surface area contributed by atoms with Crippen molar-refractivity contribution in [2.24, 2.45) is 0 Å². The van der Waals surface area contributed by atoms with Gasteiger partial charge in [0, 0.05) is 18.0 Å². The molecule has 0 saturated carbocycles. The first-order valence-corrected chi connectivity index (χ1v) is 8.84. The van der Waals surface area contributed by atoms with E-state index in [1.807, 2.05) is 66.7 Å². The molecule has 0 radical (unpaired) electrons. The van der Waals surface area contributed by atoms with Crippen LogP contribution in [0.5, 0.6) is 5.75 Å². The highest BCUT2D eigenvalue weighted by Gasteiger charge is 2.10. The number of carbonyl (C=O) groups excluding carboxylic acids is 1. The molecule has 0 N–H and O–H groups in total. The van der Waals surface area contributed by atoms with Crippen LogP contribution in [0, 0.1) is 0 Å². The molecule has 5 heteroatoms. The molecule has 0 unspecified atom stereocenters. The summed E-state index contributed by atoms with van der Waals surface area (Å²) in [5.74, 6) is 0.933. The lowest BCUT2D eigenvalue weighted by Crippen LogP contribution is -2.06. The van der Waals surface area contributed by atoms with Gasteiger partial charge in [-0.1, -0.05) is 48.5 Å². The number of aromatic nitrogens is 2. The molecule has 0 bridgehead atoms. The predicted molar refractivity (Wildman–Crippen MR) is 107 cm³/mol. The van der Waals surface area contributed by atoms with Gasteiger partial charge in [-0.3, -0.25) is 0 Å². The number of hydrogen-bond donors (Lipinski definition) is 0. The van der Waals surface area contributed by atoms with Crippen LogP contribution in [0.15, 0.2) is 79.1 Å². The Balaban J connectivity index is 1.43.